The molecule has 7 aromatic carbocycles. The molecule has 5 nitrogen and oxygen atoms in total. The molecule has 270 valence electrons. The van der Waals surface area contributed by atoms with Crippen molar-refractivity contribution in [3.63, 3.8) is 0 Å². The molecular weight excluding hydrogens is 685 g/mol. The summed E-state index contributed by atoms with van der Waals surface area (Å²) in [5.74, 6) is 0.830. The van der Waals surface area contributed by atoms with Gasteiger partial charge in [0, 0.05) is 33.5 Å². The number of hydroxylamine groups is 1. The van der Waals surface area contributed by atoms with E-state index in [1.54, 1.807) is 11.1 Å². The van der Waals surface area contributed by atoms with E-state index < -0.39 is 12.4 Å². The van der Waals surface area contributed by atoms with E-state index in [1.807, 2.05) is 36.5 Å². The minimum atomic E-state index is -2.47. The topological polar surface area (TPSA) is 33.5 Å². The van der Waals surface area contributed by atoms with Gasteiger partial charge >= 0.3 is 0 Å². The second-order valence-corrected chi connectivity index (χ2v) is 14.8. The third kappa shape index (κ3) is 5.55. The van der Waals surface area contributed by atoms with Crippen LogP contribution in [0.3, 0.4) is 0 Å². The van der Waals surface area contributed by atoms with Gasteiger partial charge in [0.15, 0.2) is 0 Å². The number of hydrogen-bond acceptors (Lipinski definition) is 4. The first-order valence-corrected chi connectivity index (χ1v) is 18.9. The highest BCUT2D eigenvalue weighted by molar-refractivity contribution is 6.09. The van der Waals surface area contributed by atoms with Gasteiger partial charge in [-0.15, -0.1) is 4.94 Å². The Bertz CT molecular complexity index is 2950. The van der Waals surface area contributed by atoms with E-state index in [9.17, 15) is 0 Å². The number of anilines is 3. The van der Waals surface area contributed by atoms with Gasteiger partial charge in [0.05, 0.1) is 28.1 Å². The van der Waals surface area contributed by atoms with E-state index in [-0.39, 0.29) is 0 Å². The molecule has 1 aliphatic heterocycles. The number of benzene rings is 7. The summed E-state index contributed by atoms with van der Waals surface area (Å²) in [5, 5.41) is 4.89. The predicted octanol–water partition coefficient (Wildman–Crippen LogP) is 12.9. The highest BCUT2D eigenvalue weighted by Gasteiger charge is 2.29. The van der Waals surface area contributed by atoms with Crippen molar-refractivity contribution >= 4 is 38.9 Å². The van der Waals surface area contributed by atoms with Crippen molar-refractivity contribution in [3.05, 3.63) is 199 Å². The van der Waals surface area contributed by atoms with Crippen LogP contribution in [0, 0.1) is 0 Å². The van der Waals surface area contributed by atoms with Gasteiger partial charge < -0.3 is 0 Å². The maximum atomic E-state index is 8.10. The Labute approximate surface area is 331 Å². The smallest absolute Gasteiger partial charge is 0.138 e. The number of aromatic nitrogens is 2. The number of nitrogens with zero attached hydrogens (tertiary/aromatic N) is 4. The summed E-state index contributed by atoms with van der Waals surface area (Å²) in [4.78, 5) is 11.1. The van der Waals surface area contributed by atoms with E-state index in [2.05, 4.69) is 164 Å². The molecule has 0 unspecified atom stereocenters. The quantitative estimate of drug-likeness (QED) is 0.164. The molecule has 9 aromatic rings. The molecule has 0 N–H and O–H groups in total. The minimum absolute atomic E-state index is 0.455. The molecule has 0 amide bonds. The number of rotatable bonds is 7. The van der Waals surface area contributed by atoms with Crippen LogP contribution in [0.4, 0.5) is 17.1 Å². The monoisotopic (exact) mass is 727 g/mol. The molecule has 0 atom stereocenters. The average molecular weight is 728 g/mol. The average Bonchev–Trinajstić information content (AvgIpc) is 3.84. The standard InChI is InChI=1S/C51H40N4O/c1-51(2,38-20-14-21-40(33-38)55-47-27-13-12-26-46(47)53(3)56-55)39-28-29-44-43-22-10-11-25-45(43)54(48(44)34-39)49-32-37(30-31-52-49)50-41(35-16-6-4-7-17-35)23-15-24-42(50)36-18-8-5-9-19-36/h4-34H,1-3H3/i3D3. The highest BCUT2D eigenvalue weighted by Crippen LogP contribution is 2.44. The summed E-state index contributed by atoms with van der Waals surface area (Å²) in [5.41, 5.74) is 12.6. The number of para-hydroxylation sites is 3. The lowest BCUT2D eigenvalue weighted by molar-refractivity contribution is 0.142. The van der Waals surface area contributed by atoms with Crippen molar-refractivity contribution in [2.24, 2.45) is 0 Å². The van der Waals surface area contributed by atoms with Crippen LogP contribution in [0.2, 0.25) is 0 Å². The van der Waals surface area contributed by atoms with Crippen molar-refractivity contribution < 1.29 is 9.05 Å². The van der Waals surface area contributed by atoms with Gasteiger partial charge in [-0.2, -0.15) is 5.06 Å². The molecule has 0 fully saturated rings. The largest absolute Gasteiger partial charge is 0.294 e. The van der Waals surface area contributed by atoms with Gasteiger partial charge in [-0.3, -0.25) is 4.57 Å². The summed E-state index contributed by atoms with van der Waals surface area (Å²) >= 11 is 0. The fraction of sp³-hybridized carbons (Fsp3) is 0.0784. The molecule has 10 rings (SSSR count). The summed E-state index contributed by atoms with van der Waals surface area (Å²) in [7, 11) is 0. The highest BCUT2D eigenvalue weighted by atomic mass is 16.8. The van der Waals surface area contributed by atoms with E-state index in [4.69, 9.17) is 14.0 Å². The summed E-state index contributed by atoms with van der Waals surface area (Å²) < 4.78 is 26.6. The zero-order valence-corrected chi connectivity index (χ0v) is 31.1. The first-order valence-electron chi connectivity index (χ1n) is 20.4. The summed E-state index contributed by atoms with van der Waals surface area (Å²) in [6.07, 6.45) is 1.92. The lowest BCUT2D eigenvalue weighted by Gasteiger charge is -2.28. The minimum Gasteiger partial charge on any atom is -0.294 e. The van der Waals surface area contributed by atoms with Gasteiger partial charge in [0.1, 0.15) is 5.82 Å². The molecule has 0 saturated carbocycles. The SMILES string of the molecule is [2H]C([2H])([2H])N1ON(c2cccc(C(C)(C)c3ccc4c5ccccc5n(-c5cc(-c6c(-c7ccccc7)cccc6-c6ccccc6)ccn5)c4c3)c2)c2ccccc21. The normalized spacial score (nSPS) is 13.8. The van der Waals surface area contributed by atoms with Gasteiger partial charge in [0.25, 0.3) is 0 Å². The van der Waals surface area contributed by atoms with Gasteiger partial charge in [-0.05, 0) is 93.0 Å². The van der Waals surface area contributed by atoms with Crippen molar-refractivity contribution in [2.75, 3.05) is 17.1 Å². The molecule has 3 heterocycles. The zero-order chi connectivity index (χ0) is 40.3. The van der Waals surface area contributed by atoms with Gasteiger partial charge in [0.2, 0.25) is 0 Å². The van der Waals surface area contributed by atoms with Crippen LogP contribution >= 0.6 is 0 Å². The molecule has 5 heteroatoms. The first kappa shape index (κ1) is 30.4. The van der Waals surface area contributed by atoms with Crippen molar-refractivity contribution in [1.29, 1.82) is 0 Å². The Kier molecular flexibility index (Phi) is 7.28. The van der Waals surface area contributed by atoms with E-state index in [0.717, 1.165) is 82.9 Å². The molecule has 56 heavy (non-hydrogen) atoms. The van der Waals surface area contributed by atoms with E-state index in [0.29, 0.717) is 11.4 Å². The molecular formula is C51H40N4O. The Hall–Kier alpha value is -6.95. The number of hydrogen-bond donors (Lipinski definition) is 0. The summed E-state index contributed by atoms with van der Waals surface area (Å²) in [6, 6.07) is 62.8. The van der Waals surface area contributed by atoms with Crippen LogP contribution in [-0.4, -0.2) is 16.5 Å². The summed E-state index contributed by atoms with van der Waals surface area (Å²) in [6.45, 7) is 1.97. The number of fused-ring (bicyclic) bond motifs is 4. The van der Waals surface area contributed by atoms with E-state index >= 15 is 0 Å². The Morgan fingerprint density at radius 3 is 1.93 bits per heavy atom. The second kappa shape index (κ2) is 13.4. The van der Waals surface area contributed by atoms with Crippen LogP contribution in [-0.2, 0) is 10.4 Å². The van der Waals surface area contributed by atoms with Crippen LogP contribution < -0.4 is 10.1 Å². The van der Waals surface area contributed by atoms with Crippen molar-refractivity contribution in [3.8, 4) is 39.2 Å². The van der Waals surface area contributed by atoms with Crippen LogP contribution in [0.1, 0.15) is 29.1 Å². The fourth-order valence-corrected chi connectivity index (χ4v) is 8.23. The zero-order valence-electron chi connectivity index (χ0n) is 34.1. The van der Waals surface area contributed by atoms with Gasteiger partial charge in [-0.1, -0.05) is 147 Å². The molecule has 0 saturated heterocycles. The molecule has 0 spiro atoms. The maximum absolute atomic E-state index is 8.10. The first-order chi connectivity index (χ1) is 28.7. The third-order valence-electron chi connectivity index (χ3n) is 11.2. The van der Waals surface area contributed by atoms with E-state index in [1.165, 1.54) is 0 Å². The van der Waals surface area contributed by atoms with Crippen molar-refractivity contribution in [1.82, 2.24) is 9.55 Å². The Morgan fingerprint density at radius 2 is 1.18 bits per heavy atom. The fourth-order valence-electron chi connectivity index (χ4n) is 8.23. The van der Waals surface area contributed by atoms with Crippen LogP contribution in [0.15, 0.2) is 188 Å². The van der Waals surface area contributed by atoms with Crippen LogP contribution in [0.5, 0.6) is 0 Å². The molecule has 2 aromatic heterocycles. The molecule has 1 aliphatic rings. The third-order valence-corrected chi connectivity index (χ3v) is 11.2. The maximum Gasteiger partial charge on any atom is 0.138 e. The lowest BCUT2D eigenvalue weighted by Crippen LogP contribution is -2.22. The van der Waals surface area contributed by atoms with Crippen molar-refractivity contribution in [2.45, 2.75) is 19.3 Å². The Balaban J connectivity index is 1.10. The molecule has 0 aliphatic carbocycles. The van der Waals surface area contributed by atoms with Crippen LogP contribution in [0.25, 0.3) is 61.0 Å². The van der Waals surface area contributed by atoms with Gasteiger partial charge in [-0.25, -0.2) is 10.0 Å². The number of pyridine rings is 1. The molecule has 0 radical (unpaired) electrons. The second-order valence-electron chi connectivity index (χ2n) is 14.8. The predicted molar refractivity (Wildman–Crippen MR) is 232 cm³/mol. The Morgan fingerprint density at radius 1 is 0.536 bits per heavy atom. The molecule has 0 bridgehead atoms. The lowest BCUT2D eigenvalue weighted by atomic mass is 9.77.